The van der Waals surface area contributed by atoms with Crippen LogP contribution in [0.4, 0.5) is 4.79 Å². The Morgan fingerprint density at radius 2 is 2.10 bits per heavy atom. The summed E-state index contributed by atoms with van der Waals surface area (Å²) >= 11 is 0. The molecule has 4 nitrogen and oxygen atoms in total. The van der Waals surface area contributed by atoms with E-state index in [4.69, 9.17) is 4.74 Å². The largest absolute Gasteiger partial charge is 0.450 e. The van der Waals surface area contributed by atoms with Crippen molar-refractivity contribution >= 4 is 6.09 Å². The molecule has 0 aliphatic rings. The van der Waals surface area contributed by atoms with Crippen molar-refractivity contribution < 1.29 is 14.6 Å². The molecule has 112 valence electrons. The second-order valence-corrected chi connectivity index (χ2v) is 5.14. The zero-order valence-electron chi connectivity index (χ0n) is 12.6. The monoisotopic (exact) mass is 279 g/mol. The number of unbranched alkanes of at least 4 members (excludes halogenated alkanes) is 1. The van der Waals surface area contributed by atoms with E-state index in [1.165, 1.54) is 11.1 Å². The highest BCUT2D eigenvalue weighted by Gasteiger charge is 2.13. The van der Waals surface area contributed by atoms with E-state index >= 15 is 0 Å². The van der Waals surface area contributed by atoms with Gasteiger partial charge in [-0.15, -0.1) is 0 Å². The van der Waals surface area contributed by atoms with Gasteiger partial charge in [-0.2, -0.15) is 0 Å². The van der Waals surface area contributed by atoms with Crippen molar-refractivity contribution in [3.8, 4) is 0 Å². The third-order valence-corrected chi connectivity index (χ3v) is 3.33. The number of carbonyl (C=O) groups excluding carboxylic acids is 1. The molecule has 1 aromatic rings. The highest BCUT2D eigenvalue weighted by Crippen LogP contribution is 2.11. The molecule has 0 heterocycles. The number of hydrogen-bond donors (Lipinski definition) is 2. The van der Waals surface area contributed by atoms with E-state index in [0.717, 1.165) is 18.4 Å². The fourth-order valence-electron chi connectivity index (χ4n) is 1.89. The van der Waals surface area contributed by atoms with Gasteiger partial charge in [0.25, 0.3) is 0 Å². The topological polar surface area (TPSA) is 58.6 Å². The van der Waals surface area contributed by atoms with Crippen LogP contribution in [0.3, 0.4) is 0 Å². The van der Waals surface area contributed by atoms with E-state index in [2.05, 4.69) is 31.3 Å². The smallest absolute Gasteiger partial charge is 0.407 e. The van der Waals surface area contributed by atoms with Crippen molar-refractivity contribution in [3.05, 3.63) is 34.9 Å². The molecule has 1 amide bonds. The van der Waals surface area contributed by atoms with E-state index in [0.29, 0.717) is 13.0 Å². The third-order valence-electron chi connectivity index (χ3n) is 3.33. The number of aryl methyl sites for hydroxylation is 2. The highest BCUT2D eigenvalue weighted by atomic mass is 16.5. The summed E-state index contributed by atoms with van der Waals surface area (Å²) in [6, 6.07) is 5.85. The number of hydrogen-bond acceptors (Lipinski definition) is 3. The molecule has 0 saturated carbocycles. The second kappa shape index (κ2) is 8.59. The van der Waals surface area contributed by atoms with Crippen LogP contribution in [0, 0.1) is 13.8 Å². The Hall–Kier alpha value is -1.55. The first-order valence-electron chi connectivity index (χ1n) is 7.17. The minimum atomic E-state index is -0.457. The fraction of sp³-hybridized carbons (Fsp3) is 0.562. The Morgan fingerprint density at radius 1 is 1.35 bits per heavy atom. The van der Waals surface area contributed by atoms with Crippen molar-refractivity contribution in [2.24, 2.45) is 0 Å². The number of amides is 1. The molecule has 0 fully saturated rings. The van der Waals surface area contributed by atoms with E-state index < -0.39 is 6.09 Å². The molecule has 0 saturated heterocycles. The summed E-state index contributed by atoms with van der Waals surface area (Å²) in [5.41, 5.74) is 3.55. The zero-order chi connectivity index (χ0) is 15.0. The summed E-state index contributed by atoms with van der Waals surface area (Å²) in [5.74, 6) is 0. The Balaban J connectivity index is 2.49. The average molecular weight is 279 g/mol. The predicted molar refractivity (Wildman–Crippen MR) is 79.9 cm³/mol. The molecule has 0 bridgehead atoms. The van der Waals surface area contributed by atoms with Crippen molar-refractivity contribution in [1.82, 2.24) is 5.32 Å². The molecular weight excluding hydrogens is 254 g/mol. The molecule has 0 spiro atoms. The molecule has 0 aliphatic carbocycles. The summed E-state index contributed by atoms with van der Waals surface area (Å²) in [5, 5.41) is 12.1. The first kappa shape index (κ1) is 16.5. The lowest BCUT2D eigenvalue weighted by Crippen LogP contribution is -2.39. The summed E-state index contributed by atoms with van der Waals surface area (Å²) in [6.07, 6.45) is 1.98. The molecule has 0 aliphatic heterocycles. The van der Waals surface area contributed by atoms with Crippen LogP contribution in [0.5, 0.6) is 0 Å². The zero-order valence-corrected chi connectivity index (χ0v) is 12.6. The fourth-order valence-corrected chi connectivity index (χ4v) is 1.89. The summed E-state index contributed by atoms with van der Waals surface area (Å²) in [6.45, 7) is 6.47. The van der Waals surface area contributed by atoms with Crippen LogP contribution in [0.1, 0.15) is 36.5 Å². The van der Waals surface area contributed by atoms with Crippen LogP contribution in [0.25, 0.3) is 0 Å². The minimum Gasteiger partial charge on any atom is -0.450 e. The van der Waals surface area contributed by atoms with Gasteiger partial charge in [0.2, 0.25) is 0 Å². The van der Waals surface area contributed by atoms with Crippen molar-refractivity contribution in [2.45, 2.75) is 46.1 Å². The van der Waals surface area contributed by atoms with E-state index in [9.17, 15) is 9.90 Å². The van der Waals surface area contributed by atoms with E-state index in [-0.39, 0.29) is 12.6 Å². The van der Waals surface area contributed by atoms with Crippen LogP contribution in [0.2, 0.25) is 0 Å². The minimum absolute atomic E-state index is 0.101. The Labute approximate surface area is 121 Å². The van der Waals surface area contributed by atoms with Gasteiger partial charge in [-0.25, -0.2) is 4.79 Å². The number of benzene rings is 1. The lowest BCUT2D eigenvalue weighted by molar-refractivity contribution is 0.134. The van der Waals surface area contributed by atoms with Gasteiger partial charge in [0, 0.05) is 0 Å². The van der Waals surface area contributed by atoms with Crippen molar-refractivity contribution in [2.75, 3.05) is 13.2 Å². The number of nitrogens with one attached hydrogen (secondary N) is 1. The molecule has 20 heavy (non-hydrogen) atoms. The maximum Gasteiger partial charge on any atom is 0.407 e. The molecule has 0 radical (unpaired) electrons. The second-order valence-electron chi connectivity index (χ2n) is 5.14. The number of alkyl carbamates (subject to hydrolysis) is 1. The van der Waals surface area contributed by atoms with Crippen LogP contribution < -0.4 is 5.32 Å². The maximum atomic E-state index is 11.6. The van der Waals surface area contributed by atoms with Gasteiger partial charge in [-0.3, -0.25) is 0 Å². The molecule has 1 rings (SSSR count). The molecule has 0 aromatic heterocycles. The standard InChI is InChI=1S/C16H25NO3/c1-4-5-8-20-16(19)17-15(11-18)10-14-7-6-12(2)13(3)9-14/h6-7,9,15,18H,4-5,8,10-11H2,1-3H3,(H,17,19). The number of carbonyl (C=O) groups is 1. The van der Waals surface area contributed by atoms with Gasteiger partial charge in [-0.05, 0) is 43.4 Å². The van der Waals surface area contributed by atoms with Gasteiger partial charge in [0.1, 0.15) is 0 Å². The van der Waals surface area contributed by atoms with E-state index in [1.807, 2.05) is 13.0 Å². The number of rotatable bonds is 7. The highest BCUT2D eigenvalue weighted by molar-refractivity contribution is 5.67. The average Bonchev–Trinajstić information content (AvgIpc) is 2.42. The van der Waals surface area contributed by atoms with Crippen LogP contribution >= 0.6 is 0 Å². The number of ether oxygens (including phenoxy) is 1. The molecular formula is C16H25NO3. The normalized spacial score (nSPS) is 12.0. The van der Waals surface area contributed by atoms with Gasteiger partial charge in [-0.1, -0.05) is 31.5 Å². The Bertz CT molecular complexity index is 432. The van der Waals surface area contributed by atoms with Gasteiger partial charge < -0.3 is 15.2 Å². The van der Waals surface area contributed by atoms with Crippen molar-refractivity contribution in [3.63, 3.8) is 0 Å². The van der Waals surface area contributed by atoms with Crippen LogP contribution in [-0.4, -0.2) is 30.5 Å². The van der Waals surface area contributed by atoms with Gasteiger partial charge >= 0.3 is 6.09 Å². The lowest BCUT2D eigenvalue weighted by atomic mass is 10.0. The SMILES string of the molecule is CCCCOC(=O)NC(CO)Cc1ccc(C)c(C)c1. The van der Waals surface area contributed by atoms with Gasteiger partial charge in [0.05, 0.1) is 19.3 Å². The molecule has 1 atom stereocenters. The molecule has 1 aromatic carbocycles. The summed E-state index contributed by atoms with van der Waals surface area (Å²) < 4.78 is 5.03. The predicted octanol–water partition coefficient (Wildman–Crippen LogP) is 2.73. The summed E-state index contributed by atoms with van der Waals surface area (Å²) in [7, 11) is 0. The number of aliphatic hydroxyl groups is 1. The van der Waals surface area contributed by atoms with Crippen LogP contribution in [-0.2, 0) is 11.2 Å². The number of aliphatic hydroxyl groups excluding tert-OH is 1. The molecule has 1 unspecified atom stereocenters. The quantitative estimate of drug-likeness (QED) is 0.755. The summed E-state index contributed by atoms with van der Waals surface area (Å²) in [4.78, 5) is 11.6. The first-order chi connectivity index (χ1) is 9.56. The van der Waals surface area contributed by atoms with Crippen molar-refractivity contribution in [1.29, 1.82) is 0 Å². The molecule has 2 N–H and O–H groups in total. The third kappa shape index (κ3) is 5.61. The van der Waals surface area contributed by atoms with E-state index in [1.54, 1.807) is 0 Å². The Morgan fingerprint density at radius 3 is 2.70 bits per heavy atom. The maximum absolute atomic E-state index is 11.6. The van der Waals surface area contributed by atoms with Crippen LogP contribution in [0.15, 0.2) is 18.2 Å². The molecule has 4 heteroatoms. The Kier molecular flexibility index (Phi) is 7.09. The van der Waals surface area contributed by atoms with Gasteiger partial charge in [0.15, 0.2) is 0 Å². The lowest BCUT2D eigenvalue weighted by Gasteiger charge is -2.17. The first-order valence-corrected chi connectivity index (χ1v) is 7.17.